The molecule has 2 N–H and O–H groups in total. The van der Waals surface area contributed by atoms with E-state index in [0.717, 1.165) is 0 Å². The smallest absolute Gasteiger partial charge is 0.326 e. The van der Waals surface area contributed by atoms with E-state index in [4.69, 9.17) is 10.4 Å². The molecule has 0 aromatic heterocycles. The van der Waals surface area contributed by atoms with E-state index < -0.39 is 18.0 Å². The monoisotopic (exact) mass is 301 g/mol. The molecule has 0 aliphatic heterocycles. The lowest BCUT2D eigenvalue weighted by Gasteiger charge is -2.26. The molecule has 0 unspecified atom stereocenters. The number of urea groups is 1. The number of carboxylic acid groups (broad SMARTS) is 1. The van der Waals surface area contributed by atoms with Crippen LogP contribution in [0.5, 0.6) is 0 Å². The van der Waals surface area contributed by atoms with Gasteiger partial charge in [-0.05, 0) is 24.3 Å². The maximum atomic E-state index is 12.1. The average molecular weight is 301 g/mol. The van der Waals surface area contributed by atoms with Crippen LogP contribution in [0.15, 0.2) is 0 Å². The Balaban J connectivity index is 4.60. The summed E-state index contributed by atoms with van der Waals surface area (Å²) in [5.41, 5.74) is 0. The first-order chi connectivity index (χ1) is 9.42. The number of thioether (sulfide) groups is 1. The van der Waals surface area contributed by atoms with Crippen LogP contribution in [-0.2, 0) is 4.79 Å². The molecule has 0 radical (unpaired) electrons. The summed E-state index contributed by atoms with van der Waals surface area (Å²) in [6.07, 6.45) is 2.51. The number of nitriles is 1. The Kier molecular flexibility index (Phi) is 9.64. The number of hydrogen-bond donors (Lipinski definition) is 2. The fourth-order valence-electron chi connectivity index (χ4n) is 1.63. The van der Waals surface area contributed by atoms with E-state index in [0.29, 0.717) is 25.3 Å². The Morgan fingerprint density at radius 2 is 2.10 bits per heavy atom. The summed E-state index contributed by atoms with van der Waals surface area (Å²) in [7, 11) is 0. The SMILES string of the molecule is CSCC[C@H](NC(=O)N(CCC#N)CC(C)C)C(=O)O. The van der Waals surface area contributed by atoms with Gasteiger partial charge in [0.05, 0.1) is 12.5 Å². The van der Waals surface area contributed by atoms with Crippen molar-refractivity contribution < 1.29 is 14.7 Å². The predicted molar refractivity (Wildman–Crippen MR) is 79.6 cm³/mol. The summed E-state index contributed by atoms with van der Waals surface area (Å²) in [4.78, 5) is 24.7. The van der Waals surface area contributed by atoms with E-state index in [-0.39, 0.29) is 12.3 Å². The molecule has 0 aromatic carbocycles. The minimum atomic E-state index is -1.03. The van der Waals surface area contributed by atoms with Crippen LogP contribution in [0.2, 0.25) is 0 Å². The largest absolute Gasteiger partial charge is 0.480 e. The Hall–Kier alpha value is -1.42. The van der Waals surface area contributed by atoms with E-state index in [2.05, 4.69) is 5.32 Å². The van der Waals surface area contributed by atoms with Crippen LogP contribution in [0.1, 0.15) is 26.7 Å². The first-order valence-electron chi connectivity index (χ1n) is 6.56. The van der Waals surface area contributed by atoms with Gasteiger partial charge in [-0.2, -0.15) is 17.0 Å². The van der Waals surface area contributed by atoms with Crippen molar-refractivity contribution in [3.05, 3.63) is 0 Å². The highest BCUT2D eigenvalue weighted by Crippen LogP contribution is 2.05. The second kappa shape index (κ2) is 10.4. The molecule has 0 rings (SSSR count). The Labute approximate surface area is 124 Å². The molecule has 0 spiro atoms. The van der Waals surface area contributed by atoms with Gasteiger partial charge in [-0.25, -0.2) is 9.59 Å². The molecule has 0 saturated carbocycles. The third-order valence-electron chi connectivity index (χ3n) is 2.57. The van der Waals surface area contributed by atoms with E-state index in [1.165, 1.54) is 16.7 Å². The van der Waals surface area contributed by atoms with Crippen LogP contribution in [-0.4, -0.2) is 53.1 Å². The molecular formula is C13H23N3O3S. The summed E-state index contributed by atoms with van der Waals surface area (Å²) in [5.74, 6) is -0.106. The van der Waals surface area contributed by atoms with Crippen LogP contribution in [0.4, 0.5) is 4.79 Å². The average Bonchev–Trinajstić information content (AvgIpc) is 2.38. The second-order valence-electron chi connectivity index (χ2n) is 4.87. The van der Waals surface area contributed by atoms with Gasteiger partial charge >= 0.3 is 12.0 Å². The first kappa shape index (κ1) is 18.6. The lowest BCUT2D eigenvalue weighted by Crippen LogP contribution is -2.49. The van der Waals surface area contributed by atoms with Crippen molar-refractivity contribution in [3.63, 3.8) is 0 Å². The number of nitrogens with zero attached hydrogens (tertiary/aromatic N) is 2. The highest BCUT2D eigenvalue weighted by molar-refractivity contribution is 7.98. The lowest BCUT2D eigenvalue weighted by molar-refractivity contribution is -0.139. The maximum Gasteiger partial charge on any atom is 0.326 e. The molecule has 0 fully saturated rings. The van der Waals surface area contributed by atoms with Crippen LogP contribution in [0.3, 0.4) is 0 Å². The van der Waals surface area contributed by atoms with E-state index in [1.54, 1.807) is 0 Å². The predicted octanol–water partition coefficient (Wildman–Crippen LogP) is 1.77. The lowest BCUT2D eigenvalue weighted by atomic mass is 10.2. The molecule has 0 heterocycles. The van der Waals surface area contributed by atoms with Gasteiger partial charge < -0.3 is 15.3 Å². The summed E-state index contributed by atoms with van der Waals surface area (Å²) in [6, 6.07) is 0.698. The van der Waals surface area contributed by atoms with Gasteiger partial charge in [-0.15, -0.1) is 0 Å². The number of aliphatic carboxylic acids is 1. The van der Waals surface area contributed by atoms with E-state index in [9.17, 15) is 9.59 Å². The second-order valence-corrected chi connectivity index (χ2v) is 5.86. The van der Waals surface area contributed by atoms with Crippen molar-refractivity contribution in [1.82, 2.24) is 10.2 Å². The minimum Gasteiger partial charge on any atom is -0.480 e. The maximum absolute atomic E-state index is 12.1. The molecular weight excluding hydrogens is 278 g/mol. The van der Waals surface area contributed by atoms with Gasteiger partial charge in [0.1, 0.15) is 6.04 Å². The summed E-state index contributed by atoms with van der Waals surface area (Å²) >= 11 is 1.54. The molecule has 0 aromatic rings. The molecule has 0 saturated heterocycles. The Bertz CT molecular complexity index is 355. The molecule has 6 nitrogen and oxygen atoms in total. The zero-order valence-corrected chi connectivity index (χ0v) is 13.1. The van der Waals surface area contributed by atoms with Crippen LogP contribution in [0, 0.1) is 17.2 Å². The van der Waals surface area contributed by atoms with Crippen molar-refractivity contribution in [2.24, 2.45) is 5.92 Å². The third-order valence-corrected chi connectivity index (χ3v) is 3.22. The van der Waals surface area contributed by atoms with Gasteiger partial charge in [0, 0.05) is 13.1 Å². The van der Waals surface area contributed by atoms with Crippen LogP contribution >= 0.6 is 11.8 Å². The minimum absolute atomic E-state index is 0.239. The van der Waals surface area contributed by atoms with Crippen molar-refractivity contribution in [2.45, 2.75) is 32.7 Å². The number of rotatable bonds is 9. The van der Waals surface area contributed by atoms with Crippen molar-refractivity contribution >= 4 is 23.8 Å². The number of hydrogen-bond acceptors (Lipinski definition) is 4. The fraction of sp³-hybridized carbons (Fsp3) is 0.769. The molecule has 0 aliphatic carbocycles. The Morgan fingerprint density at radius 3 is 2.55 bits per heavy atom. The Morgan fingerprint density at radius 1 is 1.45 bits per heavy atom. The number of amides is 2. The normalized spacial score (nSPS) is 11.8. The zero-order valence-electron chi connectivity index (χ0n) is 12.3. The van der Waals surface area contributed by atoms with Gasteiger partial charge in [-0.1, -0.05) is 13.8 Å². The number of carboxylic acids is 1. The number of nitrogens with one attached hydrogen (secondary N) is 1. The molecule has 0 aliphatic rings. The quantitative estimate of drug-likeness (QED) is 0.677. The van der Waals surface area contributed by atoms with Crippen LogP contribution in [0.25, 0.3) is 0 Å². The molecule has 20 heavy (non-hydrogen) atoms. The van der Waals surface area contributed by atoms with Crippen molar-refractivity contribution in [3.8, 4) is 6.07 Å². The molecule has 114 valence electrons. The van der Waals surface area contributed by atoms with Gasteiger partial charge in [0.2, 0.25) is 0 Å². The van der Waals surface area contributed by atoms with Gasteiger partial charge in [-0.3, -0.25) is 0 Å². The zero-order chi connectivity index (χ0) is 15.5. The number of carbonyl (C=O) groups is 2. The topological polar surface area (TPSA) is 93.4 Å². The molecule has 0 bridgehead atoms. The summed E-state index contributed by atoms with van der Waals surface area (Å²) in [5, 5.41) is 20.2. The number of carbonyl (C=O) groups excluding carboxylic acids is 1. The first-order valence-corrected chi connectivity index (χ1v) is 7.95. The third kappa shape index (κ3) is 7.89. The van der Waals surface area contributed by atoms with E-state index >= 15 is 0 Å². The van der Waals surface area contributed by atoms with Crippen LogP contribution < -0.4 is 5.32 Å². The highest BCUT2D eigenvalue weighted by atomic mass is 32.2. The fourth-order valence-corrected chi connectivity index (χ4v) is 2.11. The van der Waals surface area contributed by atoms with Crippen molar-refractivity contribution in [2.75, 3.05) is 25.1 Å². The molecule has 1 atom stereocenters. The highest BCUT2D eigenvalue weighted by Gasteiger charge is 2.23. The van der Waals surface area contributed by atoms with Gasteiger partial charge in [0.25, 0.3) is 0 Å². The van der Waals surface area contributed by atoms with Gasteiger partial charge in [0.15, 0.2) is 0 Å². The summed E-state index contributed by atoms with van der Waals surface area (Å²) in [6.45, 7) is 4.75. The molecule has 2 amide bonds. The van der Waals surface area contributed by atoms with E-state index in [1.807, 2.05) is 26.2 Å². The summed E-state index contributed by atoms with van der Waals surface area (Å²) < 4.78 is 0. The standard InChI is InChI=1S/C13H23N3O3S/c1-10(2)9-16(7-4-6-14)13(19)15-11(12(17)18)5-8-20-3/h10-11H,4-5,7-9H2,1-3H3,(H,15,19)(H,17,18)/t11-/m0/s1. The molecule has 7 heteroatoms. The van der Waals surface area contributed by atoms with Crippen molar-refractivity contribution in [1.29, 1.82) is 5.26 Å².